The second-order valence-corrected chi connectivity index (χ2v) is 7.53. The van der Waals surface area contributed by atoms with Crippen LogP contribution in [0.2, 0.25) is 0 Å². The predicted octanol–water partition coefficient (Wildman–Crippen LogP) is 7.02. The molecular weight excluding hydrogens is 416 g/mol. The molecule has 0 N–H and O–H groups in total. The second kappa shape index (κ2) is 7.95. The number of hydrogen-bond acceptors (Lipinski definition) is 4. The molecule has 8 heteroatoms. The number of alkyl halides is 3. The van der Waals surface area contributed by atoms with E-state index in [0.717, 1.165) is 29.0 Å². The van der Waals surface area contributed by atoms with E-state index in [-0.39, 0.29) is 22.4 Å². The first-order valence-corrected chi connectivity index (χ1v) is 9.66. The fourth-order valence-corrected chi connectivity index (χ4v) is 3.67. The zero-order chi connectivity index (χ0) is 21.3. The maximum Gasteiger partial charge on any atom is 0.433 e. The van der Waals surface area contributed by atoms with Gasteiger partial charge in [-0.1, -0.05) is 18.2 Å². The van der Waals surface area contributed by atoms with Gasteiger partial charge >= 0.3 is 6.18 Å². The second-order valence-electron chi connectivity index (χ2n) is 6.49. The number of rotatable bonds is 4. The Morgan fingerprint density at radius 1 is 0.900 bits per heavy atom. The van der Waals surface area contributed by atoms with E-state index in [0.29, 0.717) is 10.5 Å². The zero-order valence-corrected chi connectivity index (χ0v) is 16.4. The summed E-state index contributed by atoms with van der Waals surface area (Å²) in [5.74, 6) is -0.0765. The van der Waals surface area contributed by atoms with Gasteiger partial charge in [-0.15, -0.1) is 0 Å². The molecular formula is C22H14F4N2OS. The highest BCUT2D eigenvalue weighted by molar-refractivity contribution is 7.99. The Kier molecular flexibility index (Phi) is 5.34. The Balaban J connectivity index is 1.70. The van der Waals surface area contributed by atoms with Gasteiger partial charge in [-0.25, -0.2) is 14.4 Å². The van der Waals surface area contributed by atoms with Crippen molar-refractivity contribution in [2.75, 3.05) is 0 Å². The Morgan fingerprint density at radius 3 is 2.40 bits per heavy atom. The molecule has 2 heterocycles. The van der Waals surface area contributed by atoms with Gasteiger partial charge in [-0.3, -0.25) is 0 Å². The first-order chi connectivity index (χ1) is 14.3. The molecule has 0 saturated heterocycles. The van der Waals surface area contributed by atoms with Crippen molar-refractivity contribution in [1.29, 1.82) is 0 Å². The lowest BCUT2D eigenvalue weighted by atomic mass is 10.0. The number of furan rings is 1. The first kappa shape index (κ1) is 20.2. The minimum absolute atomic E-state index is 0.0511. The van der Waals surface area contributed by atoms with Crippen LogP contribution >= 0.6 is 11.8 Å². The molecule has 30 heavy (non-hydrogen) atoms. The van der Waals surface area contributed by atoms with E-state index in [1.54, 1.807) is 43.3 Å². The van der Waals surface area contributed by atoms with Crippen molar-refractivity contribution in [3.05, 3.63) is 84.0 Å². The quantitative estimate of drug-likeness (QED) is 0.258. The lowest BCUT2D eigenvalue weighted by molar-refractivity contribution is -0.141. The van der Waals surface area contributed by atoms with E-state index in [9.17, 15) is 17.6 Å². The van der Waals surface area contributed by atoms with Gasteiger partial charge in [0.1, 0.15) is 17.2 Å². The standard InChI is InChI=1S/C22H14F4N2OS/c1-13-10-15(7-8-17(13)23)14-4-2-5-16(11-14)30-21-27-18(19-6-3-9-29-19)12-20(28-21)22(24,25)26/h2-12H,1H3. The van der Waals surface area contributed by atoms with Gasteiger partial charge in [-0.2, -0.15) is 13.2 Å². The lowest BCUT2D eigenvalue weighted by Gasteiger charge is -2.10. The van der Waals surface area contributed by atoms with Crippen LogP contribution in [0.5, 0.6) is 0 Å². The van der Waals surface area contributed by atoms with Crippen LogP contribution in [-0.2, 0) is 6.18 Å². The molecule has 0 saturated carbocycles. The average molecular weight is 430 g/mol. The molecule has 0 unspecified atom stereocenters. The number of hydrogen-bond donors (Lipinski definition) is 0. The third-order valence-electron chi connectivity index (χ3n) is 4.30. The minimum atomic E-state index is -4.62. The average Bonchev–Trinajstić information content (AvgIpc) is 3.24. The molecule has 0 aliphatic carbocycles. The van der Waals surface area contributed by atoms with Crippen LogP contribution in [0.15, 0.2) is 81.4 Å². The SMILES string of the molecule is Cc1cc(-c2cccc(Sc3nc(-c4ccco4)cc(C(F)(F)F)n3)c2)ccc1F. The molecule has 4 rings (SSSR count). The van der Waals surface area contributed by atoms with Crippen molar-refractivity contribution in [2.24, 2.45) is 0 Å². The number of nitrogens with zero attached hydrogens (tertiary/aromatic N) is 2. The van der Waals surface area contributed by atoms with Crippen LogP contribution in [0, 0.1) is 12.7 Å². The molecule has 0 atom stereocenters. The van der Waals surface area contributed by atoms with Gasteiger partial charge in [0.05, 0.1) is 6.26 Å². The van der Waals surface area contributed by atoms with Crippen LogP contribution in [0.3, 0.4) is 0 Å². The van der Waals surface area contributed by atoms with Crippen molar-refractivity contribution in [3.8, 4) is 22.6 Å². The first-order valence-electron chi connectivity index (χ1n) is 8.84. The summed E-state index contributed by atoms with van der Waals surface area (Å²) in [5.41, 5.74) is 1.13. The van der Waals surface area contributed by atoms with Crippen molar-refractivity contribution >= 4 is 11.8 Å². The highest BCUT2D eigenvalue weighted by Crippen LogP contribution is 2.35. The van der Waals surface area contributed by atoms with E-state index in [1.807, 2.05) is 6.07 Å². The molecule has 0 spiro atoms. The largest absolute Gasteiger partial charge is 0.463 e. The summed E-state index contributed by atoms with van der Waals surface area (Å²) in [5, 5.41) is -0.0522. The summed E-state index contributed by atoms with van der Waals surface area (Å²) in [6.45, 7) is 1.67. The van der Waals surface area contributed by atoms with Gasteiger partial charge in [0, 0.05) is 4.90 Å². The van der Waals surface area contributed by atoms with Crippen molar-refractivity contribution in [2.45, 2.75) is 23.2 Å². The summed E-state index contributed by atoms with van der Waals surface area (Å²) in [4.78, 5) is 8.55. The van der Waals surface area contributed by atoms with E-state index in [1.165, 1.54) is 18.4 Å². The third-order valence-corrected chi connectivity index (χ3v) is 5.16. The normalized spacial score (nSPS) is 11.6. The minimum Gasteiger partial charge on any atom is -0.463 e. The Bertz CT molecular complexity index is 1190. The fraction of sp³-hybridized carbons (Fsp3) is 0.0909. The molecule has 0 amide bonds. The van der Waals surface area contributed by atoms with Gasteiger partial charge in [0.2, 0.25) is 0 Å². The molecule has 0 bridgehead atoms. The van der Waals surface area contributed by atoms with Crippen molar-refractivity contribution in [1.82, 2.24) is 9.97 Å². The van der Waals surface area contributed by atoms with Crippen LogP contribution in [0.25, 0.3) is 22.6 Å². The fourth-order valence-electron chi connectivity index (χ4n) is 2.84. The Hall–Kier alpha value is -3.13. The Labute approximate surface area is 173 Å². The molecule has 2 aromatic carbocycles. The summed E-state index contributed by atoms with van der Waals surface area (Å²) in [6.07, 6.45) is -3.25. The lowest BCUT2D eigenvalue weighted by Crippen LogP contribution is -2.10. The number of benzene rings is 2. The van der Waals surface area contributed by atoms with E-state index in [2.05, 4.69) is 9.97 Å². The summed E-state index contributed by atoms with van der Waals surface area (Å²) in [7, 11) is 0. The molecule has 2 aromatic heterocycles. The molecule has 0 aliphatic heterocycles. The van der Waals surface area contributed by atoms with Crippen molar-refractivity contribution < 1.29 is 22.0 Å². The predicted molar refractivity (Wildman–Crippen MR) is 105 cm³/mol. The number of halogens is 4. The van der Waals surface area contributed by atoms with E-state index >= 15 is 0 Å². The molecule has 3 nitrogen and oxygen atoms in total. The van der Waals surface area contributed by atoms with Crippen molar-refractivity contribution in [3.63, 3.8) is 0 Å². The molecule has 0 aliphatic rings. The topological polar surface area (TPSA) is 38.9 Å². The molecule has 4 aromatic rings. The maximum atomic E-state index is 13.5. The van der Waals surface area contributed by atoms with Gasteiger partial charge in [-0.05, 0) is 77.8 Å². The molecule has 0 radical (unpaired) electrons. The maximum absolute atomic E-state index is 13.5. The zero-order valence-electron chi connectivity index (χ0n) is 15.6. The van der Waals surface area contributed by atoms with Gasteiger partial charge in [0.25, 0.3) is 0 Å². The van der Waals surface area contributed by atoms with Crippen LogP contribution < -0.4 is 0 Å². The van der Waals surface area contributed by atoms with Crippen LogP contribution in [-0.4, -0.2) is 9.97 Å². The number of aryl methyl sites for hydroxylation is 1. The Morgan fingerprint density at radius 2 is 1.70 bits per heavy atom. The highest BCUT2D eigenvalue weighted by Gasteiger charge is 2.34. The monoisotopic (exact) mass is 430 g/mol. The highest BCUT2D eigenvalue weighted by atomic mass is 32.2. The third kappa shape index (κ3) is 4.38. The number of aromatic nitrogens is 2. The smallest absolute Gasteiger partial charge is 0.433 e. The van der Waals surface area contributed by atoms with Gasteiger partial charge < -0.3 is 4.42 Å². The summed E-state index contributed by atoms with van der Waals surface area (Å²) >= 11 is 1.01. The van der Waals surface area contributed by atoms with Crippen LogP contribution in [0.4, 0.5) is 17.6 Å². The summed E-state index contributed by atoms with van der Waals surface area (Å²) in [6, 6.07) is 15.9. The van der Waals surface area contributed by atoms with Gasteiger partial charge in [0.15, 0.2) is 10.9 Å². The van der Waals surface area contributed by atoms with E-state index < -0.39 is 11.9 Å². The molecule has 152 valence electrons. The van der Waals surface area contributed by atoms with Crippen LogP contribution in [0.1, 0.15) is 11.3 Å². The molecule has 0 fully saturated rings. The summed E-state index contributed by atoms with van der Waals surface area (Å²) < 4.78 is 58.7. The van der Waals surface area contributed by atoms with E-state index in [4.69, 9.17) is 4.42 Å².